The molecule has 0 heterocycles. The van der Waals surface area contributed by atoms with Crippen molar-refractivity contribution in [3.8, 4) is 0 Å². The van der Waals surface area contributed by atoms with Crippen molar-refractivity contribution in [3.05, 3.63) is 48.0 Å². The molecule has 1 aromatic rings. The molecule has 64 valence electrons. The molecule has 0 aliphatic carbocycles. The van der Waals surface area contributed by atoms with Crippen LogP contribution in [0.3, 0.4) is 0 Å². The lowest BCUT2D eigenvalue weighted by molar-refractivity contribution is 0.228. The summed E-state index contributed by atoms with van der Waals surface area (Å²) in [6.45, 7) is 2.05. The van der Waals surface area contributed by atoms with Crippen LogP contribution in [0.5, 0.6) is 0 Å². The number of allylic oxidation sites excluding steroid dienone is 1. The van der Waals surface area contributed by atoms with Gasteiger partial charge in [0.15, 0.2) is 0 Å². The minimum Gasteiger partial charge on any atom is -0.384 e. The van der Waals surface area contributed by atoms with Crippen LogP contribution in [0.25, 0.3) is 0 Å². The minimum absolute atomic E-state index is 0.453. The fraction of sp³-hybridized carbons (Fsp3) is 0.273. The van der Waals surface area contributed by atoms with Gasteiger partial charge in [0, 0.05) is 0 Å². The lowest BCUT2D eigenvalue weighted by atomic mass is 10.1. The summed E-state index contributed by atoms with van der Waals surface area (Å²) in [4.78, 5) is 0. The van der Waals surface area contributed by atoms with Gasteiger partial charge in [-0.15, -0.1) is 0 Å². The highest BCUT2D eigenvalue weighted by molar-refractivity contribution is 5.20. The zero-order valence-electron chi connectivity index (χ0n) is 7.27. The average molecular weight is 162 g/mol. The van der Waals surface area contributed by atoms with E-state index in [9.17, 15) is 5.11 Å². The van der Waals surface area contributed by atoms with E-state index in [0.29, 0.717) is 0 Å². The van der Waals surface area contributed by atoms with Crippen molar-refractivity contribution in [1.82, 2.24) is 0 Å². The molecule has 1 heteroatoms. The van der Waals surface area contributed by atoms with Gasteiger partial charge in [0.05, 0.1) is 6.10 Å². The molecule has 0 aliphatic heterocycles. The summed E-state index contributed by atoms with van der Waals surface area (Å²) in [5, 5.41) is 9.56. The number of benzene rings is 1. The van der Waals surface area contributed by atoms with Gasteiger partial charge in [-0.2, -0.15) is 0 Å². The topological polar surface area (TPSA) is 20.2 Å². The number of hydrogen-bond acceptors (Lipinski definition) is 1. The Morgan fingerprint density at radius 3 is 2.58 bits per heavy atom. The monoisotopic (exact) mass is 162 g/mol. The maximum atomic E-state index is 9.56. The molecule has 1 N–H and O–H groups in total. The highest BCUT2D eigenvalue weighted by Gasteiger charge is 1.99. The molecule has 0 aliphatic rings. The first-order valence-corrected chi connectivity index (χ1v) is 4.24. The van der Waals surface area contributed by atoms with Crippen LogP contribution in [0.15, 0.2) is 42.5 Å². The summed E-state index contributed by atoms with van der Waals surface area (Å²) in [7, 11) is 0. The molecule has 1 rings (SSSR count). The van der Waals surface area contributed by atoms with E-state index in [1.807, 2.05) is 49.4 Å². The Kier molecular flexibility index (Phi) is 3.55. The van der Waals surface area contributed by atoms with E-state index in [1.165, 1.54) is 0 Å². The smallest absolute Gasteiger partial charge is 0.0971 e. The van der Waals surface area contributed by atoms with Crippen LogP contribution in [-0.2, 0) is 0 Å². The number of aliphatic hydroxyl groups is 1. The van der Waals surface area contributed by atoms with E-state index in [2.05, 4.69) is 0 Å². The van der Waals surface area contributed by atoms with Crippen LogP contribution in [0, 0.1) is 0 Å². The Morgan fingerprint density at radius 2 is 2.00 bits per heavy atom. The fourth-order valence-corrected chi connectivity index (χ4v) is 1.03. The summed E-state index contributed by atoms with van der Waals surface area (Å²) < 4.78 is 0. The third-order valence-corrected chi connectivity index (χ3v) is 1.70. The standard InChI is InChI=1S/C11H14O/c1-2-3-9-11(12)10-7-5-4-6-8-10/h3-9,11-12H,2H2,1H3/b9-3+. The predicted octanol–water partition coefficient (Wildman–Crippen LogP) is 2.69. The van der Waals surface area contributed by atoms with E-state index in [0.717, 1.165) is 12.0 Å². The molecule has 1 nitrogen and oxygen atoms in total. The summed E-state index contributed by atoms with van der Waals surface area (Å²) in [5.74, 6) is 0. The van der Waals surface area contributed by atoms with E-state index >= 15 is 0 Å². The largest absolute Gasteiger partial charge is 0.384 e. The van der Waals surface area contributed by atoms with Gasteiger partial charge < -0.3 is 5.11 Å². The Labute approximate surface area is 73.4 Å². The fourth-order valence-electron chi connectivity index (χ4n) is 1.03. The van der Waals surface area contributed by atoms with E-state index in [1.54, 1.807) is 0 Å². The summed E-state index contributed by atoms with van der Waals surface area (Å²) in [6.07, 6.45) is 4.29. The first kappa shape index (κ1) is 9.01. The Bertz CT molecular complexity index is 238. The second-order valence-electron chi connectivity index (χ2n) is 2.69. The predicted molar refractivity (Wildman–Crippen MR) is 50.8 cm³/mol. The van der Waals surface area contributed by atoms with Crippen molar-refractivity contribution >= 4 is 0 Å². The maximum Gasteiger partial charge on any atom is 0.0971 e. The van der Waals surface area contributed by atoms with Crippen molar-refractivity contribution in [1.29, 1.82) is 0 Å². The molecule has 1 unspecified atom stereocenters. The molecule has 0 bridgehead atoms. The maximum absolute atomic E-state index is 9.56. The van der Waals surface area contributed by atoms with Crippen molar-refractivity contribution in [2.45, 2.75) is 19.4 Å². The Balaban J connectivity index is 2.65. The van der Waals surface area contributed by atoms with Crippen molar-refractivity contribution < 1.29 is 5.11 Å². The lowest BCUT2D eigenvalue weighted by Crippen LogP contribution is -1.91. The number of aliphatic hydroxyl groups excluding tert-OH is 1. The molecule has 1 aromatic carbocycles. The quantitative estimate of drug-likeness (QED) is 0.677. The van der Waals surface area contributed by atoms with Gasteiger partial charge in [0.25, 0.3) is 0 Å². The SMILES string of the molecule is CC/C=C/C(O)c1ccccc1. The molecule has 0 saturated carbocycles. The van der Waals surface area contributed by atoms with Crippen LogP contribution in [-0.4, -0.2) is 5.11 Å². The van der Waals surface area contributed by atoms with Gasteiger partial charge in [0.2, 0.25) is 0 Å². The first-order valence-electron chi connectivity index (χ1n) is 4.24. The van der Waals surface area contributed by atoms with Gasteiger partial charge in [0.1, 0.15) is 0 Å². The molecule has 0 fully saturated rings. The van der Waals surface area contributed by atoms with E-state index in [-0.39, 0.29) is 0 Å². The highest BCUT2D eigenvalue weighted by atomic mass is 16.3. The molecule has 12 heavy (non-hydrogen) atoms. The first-order chi connectivity index (χ1) is 5.84. The third kappa shape index (κ3) is 2.51. The second-order valence-corrected chi connectivity index (χ2v) is 2.69. The highest BCUT2D eigenvalue weighted by Crippen LogP contribution is 2.12. The molecule has 0 radical (unpaired) electrons. The molecular weight excluding hydrogens is 148 g/mol. The van der Waals surface area contributed by atoms with Crippen molar-refractivity contribution in [2.75, 3.05) is 0 Å². The van der Waals surface area contributed by atoms with Crippen LogP contribution in [0.2, 0.25) is 0 Å². The Morgan fingerprint density at radius 1 is 1.33 bits per heavy atom. The molecule has 0 aromatic heterocycles. The zero-order valence-corrected chi connectivity index (χ0v) is 7.27. The molecule has 0 amide bonds. The summed E-state index contributed by atoms with van der Waals surface area (Å²) >= 11 is 0. The van der Waals surface area contributed by atoms with Gasteiger partial charge >= 0.3 is 0 Å². The third-order valence-electron chi connectivity index (χ3n) is 1.70. The van der Waals surface area contributed by atoms with Crippen LogP contribution < -0.4 is 0 Å². The van der Waals surface area contributed by atoms with Gasteiger partial charge in [-0.1, -0.05) is 49.4 Å². The summed E-state index contributed by atoms with van der Waals surface area (Å²) in [6, 6.07) is 9.64. The average Bonchev–Trinajstić information content (AvgIpc) is 2.15. The van der Waals surface area contributed by atoms with Crippen molar-refractivity contribution in [3.63, 3.8) is 0 Å². The molecule has 1 atom stereocenters. The molecule has 0 saturated heterocycles. The lowest BCUT2D eigenvalue weighted by Gasteiger charge is -2.04. The van der Waals surface area contributed by atoms with Crippen LogP contribution in [0.1, 0.15) is 25.0 Å². The molecule has 0 spiro atoms. The van der Waals surface area contributed by atoms with Crippen molar-refractivity contribution in [2.24, 2.45) is 0 Å². The number of rotatable bonds is 3. The van der Waals surface area contributed by atoms with E-state index in [4.69, 9.17) is 0 Å². The Hall–Kier alpha value is -1.08. The van der Waals surface area contributed by atoms with Gasteiger partial charge in [-0.05, 0) is 12.0 Å². The van der Waals surface area contributed by atoms with E-state index < -0.39 is 6.10 Å². The summed E-state index contributed by atoms with van der Waals surface area (Å²) in [5.41, 5.74) is 0.946. The zero-order chi connectivity index (χ0) is 8.81. The van der Waals surface area contributed by atoms with Gasteiger partial charge in [-0.3, -0.25) is 0 Å². The second kappa shape index (κ2) is 4.73. The van der Waals surface area contributed by atoms with Crippen LogP contribution in [0.4, 0.5) is 0 Å². The van der Waals surface area contributed by atoms with Crippen LogP contribution >= 0.6 is 0 Å². The normalized spacial score (nSPS) is 13.5. The van der Waals surface area contributed by atoms with Gasteiger partial charge in [-0.25, -0.2) is 0 Å². The minimum atomic E-state index is -0.453. The molecular formula is C11H14O. The number of hydrogen-bond donors (Lipinski definition) is 1.